The molecule has 2 rings (SSSR count). The molecule has 0 amide bonds. The van der Waals surface area contributed by atoms with Crippen molar-refractivity contribution in [2.24, 2.45) is 0 Å². The predicted molar refractivity (Wildman–Crippen MR) is 77.4 cm³/mol. The minimum absolute atomic E-state index is 0.0496. The normalized spacial score (nSPS) is 10.2. The van der Waals surface area contributed by atoms with E-state index in [1.807, 2.05) is 6.07 Å². The van der Waals surface area contributed by atoms with Crippen molar-refractivity contribution in [2.45, 2.75) is 6.54 Å². The molecule has 19 heavy (non-hydrogen) atoms. The van der Waals surface area contributed by atoms with E-state index in [1.54, 1.807) is 24.4 Å². The maximum atomic E-state index is 10.8. The van der Waals surface area contributed by atoms with Crippen LogP contribution in [0.3, 0.4) is 0 Å². The second-order valence-electron chi connectivity index (χ2n) is 3.77. The maximum absolute atomic E-state index is 10.8. The smallest absolute Gasteiger partial charge is 0.283 e. The third kappa shape index (κ3) is 3.65. The summed E-state index contributed by atoms with van der Waals surface area (Å²) >= 11 is 8.83. The van der Waals surface area contributed by atoms with E-state index in [-0.39, 0.29) is 5.69 Å². The van der Waals surface area contributed by atoms with Crippen LogP contribution in [0, 0.1) is 10.1 Å². The van der Waals surface area contributed by atoms with Crippen molar-refractivity contribution in [2.75, 3.05) is 5.32 Å². The van der Waals surface area contributed by atoms with Gasteiger partial charge < -0.3 is 5.32 Å². The molecule has 0 saturated heterocycles. The van der Waals surface area contributed by atoms with Crippen molar-refractivity contribution in [3.63, 3.8) is 0 Å². The van der Waals surface area contributed by atoms with Gasteiger partial charge in [-0.05, 0) is 39.7 Å². The van der Waals surface area contributed by atoms with Crippen LogP contribution in [0.2, 0.25) is 5.15 Å². The standard InChI is InChI=1S/C12H9BrClN3O2/c13-10-3-1-8(5-11(10)17(18)19)6-15-9-2-4-12(14)16-7-9/h1-5,7,15H,6H2. The van der Waals surface area contributed by atoms with Gasteiger partial charge in [0.15, 0.2) is 0 Å². The van der Waals surface area contributed by atoms with Crippen LogP contribution in [0.5, 0.6) is 0 Å². The van der Waals surface area contributed by atoms with Crippen LogP contribution in [0.15, 0.2) is 41.0 Å². The summed E-state index contributed by atoms with van der Waals surface area (Å²) in [5, 5.41) is 14.4. The van der Waals surface area contributed by atoms with E-state index in [9.17, 15) is 10.1 Å². The van der Waals surface area contributed by atoms with Gasteiger partial charge in [-0.25, -0.2) is 4.98 Å². The van der Waals surface area contributed by atoms with E-state index in [0.29, 0.717) is 16.2 Å². The Kier molecular flexibility index (Phi) is 4.34. The number of nitrogens with zero attached hydrogens (tertiary/aromatic N) is 2. The summed E-state index contributed by atoms with van der Waals surface area (Å²) in [5.41, 5.74) is 1.66. The first-order valence-corrected chi connectivity index (χ1v) is 6.51. The van der Waals surface area contributed by atoms with Crippen molar-refractivity contribution in [3.05, 3.63) is 61.8 Å². The van der Waals surface area contributed by atoms with Gasteiger partial charge in [0.2, 0.25) is 0 Å². The zero-order valence-electron chi connectivity index (χ0n) is 9.64. The first kappa shape index (κ1) is 13.8. The third-order valence-corrected chi connectivity index (χ3v) is 3.33. The molecular formula is C12H9BrClN3O2. The summed E-state index contributed by atoms with van der Waals surface area (Å²) in [4.78, 5) is 14.3. The van der Waals surface area contributed by atoms with Gasteiger partial charge in [0.1, 0.15) is 5.15 Å². The SMILES string of the molecule is O=[N+]([O-])c1cc(CNc2ccc(Cl)nc2)ccc1Br. The molecule has 0 atom stereocenters. The predicted octanol–water partition coefficient (Wildman–Crippen LogP) is 4.02. The molecule has 5 nitrogen and oxygen atoms in total. The van der Waals surface area contributed by atoms with Crippen LogP contribution in [0.1, 0.15) is 5.56 Å². The van der Waals surface area contributed by atoms with Crippen molar-refractivity contribution in [1.82, 2.24) is 4.98 Å². The second kappa shape index (κ2) is 5.99. The number of nitro benzene ring substituents is 1. The first-order chi connectivity index (χ1) is 9.06. The van der Waals surface area contributed by atoms with Gasteiger partial charge in [0.05, 0.1) is 21.3 Å². The Hall–Kier alpha value is -1.66. The number of nitro groups is 1. The van der Waals surface area contributed by atoms with Gasteiger partial charge in [0.25, 0.3) is 5.69 Å². The van der Waals surface area contributed by atoms with E-state index in [1.165, 1.54) is 6.07 Å². The van der Waals surface area contributed by atoms with Crippen molar-refractivity contribution in [3.8, 4) is 0 Å². The van der Waals surface area contributed by atoms with Crippen LogP contribution in [0.4, 0.5) is 11.4 Å². The van der Waals surface area contributed by atoms with E-state index < -0.39 is 4.92 Å². The molecular weight excluding hydrogens is 334 g/mol. The molecule has 1 N–H and O–H groups in total. The summed E-state index contributed by atoms with van der Waals surface area (Å²) in [5.74, 6) is 0. The fourth-order valence-corrected chi connectivity index (χ4v) is 2.00. The zero-order valence-corrected chi connectivity index (χ0v) is 12.0. The molecule has 0 aliphatic carbocycles. The molecule has 1 heterocycles. The van der Waals surface area contributed by atoms with Crippen molar-refractivity contribution < 1.29 is 4.92 Å². The lowest BCUT2D eigenvalue weighted by Crippen LogP contribution is -2.00. The molecule has 0 aliphatic heterocycles. The highest BCUT2D eigenvalue weighted by Gasteiger charge is 2.11. The summed E-state index contributed by atoms with van der Waals surface area (Å²) in [6.45, 7) is 0.470. The molecule has 0 spiro atoms. The van der Waals surface area contributed by atoms with E-state index in [4.69, 9.17) is 11.6 Å². The summed E-state index contributed by atoms with van der Waals surface area (Å²) in [6, 6.07) is 8.47. The lowest BCUT2D eigenvalue weighted by Gasteiger charge is -2.06. The molecule has 0 saturated carbocycles. The highest BCUT2D eigenvalue weighted by atomic mass is 79.9. The van der Waals surface area contributed by atoms with E-state index in [2.05, 4.69) is 26.2 Å². The van der Waals surface area contributed by atoms with Gasteiger partial charge in [-0.1, -0.05) is 17.7 Å². The van der Waals surface area contributed by atoms with Crippen LogP contribution >= 0.6 is 27.5 Å². The molecule has 0 radical (unpaired) electrons. The number of pyridine rings is 1. The van der Waals surface area contributed by atoms with Crippen LogP contribution < -0.4 is 5.32 Å². The largest absolute Gasteiger partial charge is 0.380 e. The van der Waals surface area contributed by atoms with E-state index in [0.717, 1.165) is 11.3 Å². The van der Waals surface area contributed by atoms with Gasteiger partial charge in [-0.3, -0.25) is 10.1 Å². The molecule has 0 bridgehead atoms. The van der Waals surface area contributed by atoms with Gasteiger partial charge >= 0.3 is 0 Å². The Labute approximate surface area is 122 Å². The number of nitrogens with one attached hydrogen (secondary N) is 1. The van der Waals surface area contributed by atoms with Crippen LogP contribution in [-0.4, -0.2) is 9.91 Å². The van der Waals surface area contributed by atoms with Crippen LogP contribution in [-0.2, 0) is 6.54 Å². The Morgan fingerprint density at radius 3 is 2.79 bits per heavy atom. The first-order valence-electron chi connectivity index (χ1n) is 5.34. The van der Waals surface area contributed by atoms with Crippen LogP contribution in [0.25, 0.3) is 0 Å². The maximum Gasteiger partial charge on any atom is 0.283 e. The number of benzene rings is 1. The quantitative estimate of drug-likeness (QED) is 0.518. The van der Waals surface area contributed by atoms with Crippen molar-refractivity contribution in [1.29, 1.82) is 0 Å². The number of hydrogen-bond acceptors (Lipinski definition) is 4. The Bertz CT molecular complexity index is 604. The average Bonchev–Trinajstić information content (AvgIpc) is 2.39. The minimum Gasteiger partial charge on any atom is -0.380 e. The lowest BCUT2D eigenvalue weighted by molar-refractivity contribution is -0.385. The van der Waals surface area contributed by atoms with Gasteiger partial charge in [-0.15, -0.1) is 0 Å². The topological polar surface area (TPSA) is 68.1 Å². The Balaban J connectivity index is 2.09. The highest BCUT2D eigenvalue weighted by molar-refractivity contribution is 9.10. The van der Waals surface area contributed by atoms with Gasteiger partial charge in [0, 0.05) is 12.6 Å². The fraction of sp³-hybridized carbons (Fsp3) is 0.0833. The molecule has 0 aliphatic rings. The number of halogens is 2. The monoisotopic (exact) mass is 341 g/mol. The van der Waals surface area contributed by atoms with E-state index >= 15 is 0 Å². The zero-order chi connectivity index (χ0) is 13.8. The molecule has 0 unspecified atom stereocenters. The molecule has 7 heteroatoms. The van der Waals surface area contributed by atoms with Gasteiger partial charge in [-0.2, -0.15) is 0 Å². The average molecular weight is 343 g/mol. The second-order valence-corrected chi connectivity index (χ2v) is 5.01. The molecule has 98 valence electrons. The Morgan fingerprint density at radius 1 is 1.37 bits per heavy atom. The summed E-state index contributed by atoms with van der Waals surface area (Å²) in [7, 11) is 0. The lowest BCUT2D eigenvalue weighted by atomic mass is 10.2. The minimum atomic E-state index is -0.419. The number of hydrogen-bond donors (Lipinski definition) is 1. The number of anilines is 1. The number of rotatable bonds is 4. The van der Waals surface area contributed by atoms with Crippen molar-refractivity contribution >= 4 is 38.9 Å². The molecule has 2 aromatic rings. The molecule has 1 aromatic heterocycles. The molecule has 1 aromatic carbocycles. The summed E-state index contributed by atoms with van der Waals surface area (Å²) in [6.07, 6.45) is 1.61. The fourth-order valence-electron chi connectivity index (χ4n) is 1.49. The summed E-state index contributed by atoms with van der Waals surface area (Å²) < 4.78 is 0.467. The highest BCUT2D eigenvalue weighted by Crippen LogP contribution is 2.26. The third-order valence-electron chi connectivity index (χ3n) is 2.43. The number of aromatic nitrogens is 1. The Morgan fingerprint density at radius 2 is 2.16 bits per heavy atom. The molecule has 0 fully saturated rings.